The fourth-order valence-corrected chi connectivity index (χ4v) is 4.03. The maximum absolute atomic E-state index is 13.2. The van der Waals surface area contributed by atoms with Crippen molar-refractivity contribution in [3.8, 4) is 0 Å². The number of aliphatic imine (C=N–C) groups is 1. The Bertz CT molecular complexity index is 633. The average Bonchev–Trinajstić information content (AvgIpc) is 2.73. The minimum atomic E-state index is -0.181. The average molecular weight is 405 g/mol. The van der Waals surface area contributed by atoms with Crippen LogP contribution in [0, 0.1) is 11.7 Å². The topological polar surface area (TPSA) is 37.4 Å². The first-order valence-corrected chi connectivity index (χ1v) is 11.0. The number of anilines is 1. The van der Waals surface area contributed by atoms with Crippen molar-refractivity contribution < 1.29 is 4.39 Å². The zero-order valence-corrected chi connectivity index (χ0v) is 18.3. The summed E-state index contributed by atoms with van der Waals surface area (Å²) in [5, 5.41) is 3.47. The van der Waals surface area contributed by atoms with Gasteiger partial charge in [-0.15, -0.1) is 0 Å². The van der Waals surface area contributed by atoms with Crippen LogP contribution >= 0.6 is 0 Å². The highest BCUT2D eigenvalue weighted by Crippen LogP contribution is 2.17. The van der Waals surface area contributed by atoms with Gasteiger partial charge in [-0.25, -0.2) is 4.39 Å². The SMILES string of the molecule is CCNC(=NCC(C)CN1CCN(C)CC1)N1CCN(c2ccc(F)cc2)CC1. The molecule has 0 saturated carbocycles. The van der Waals surface area contributed by atoms with Crippen LogP contribution in [0.15, 0.2) is 29.3 Å². The van der Waals surface area contributed by atoms with Crippen molar-refractivity contribution >= 4 is 11.6 Å². The van der Waals surface area contributed by atoms with Gasteiger partial charge >= 0.3 is 0 Å². The molecule has 0 bridgehead atoms. The Hall–Kier alpha value is -1.86. The number of guanidine groups is 1. The standard InChI is InChI=1S/C22H37FN6/c1-4-24-22(25-17-19(2)18-27-11-9-26(3)10-12-27)29-15-13-28(14-16-29)21-7-5-20(23)6-8-21/h5-8,19H,4,9-18H2,1-3H3,(H,24,25). The van der Waals surface area contributed by atoms with Crippen molar-refractivity contribution in [3.63, 3.8) is 0 Å². The van der Waals surface area contributed by atoms with Crippen LogP contribution in [0.4, 0.5) is 10.1 Å². The number of halogens is 1. The van der Waals surface area contributed by atoms with E-state index in [0.29, 0.717) is 5.92 Å². The molecule has 0 amide bonds. The maximum Gasteiger partial charge on any atom is 0.194 e. The number of likely N-dealkylation sites (N-methyl/N-ethyl adjacent to an activating group) is 1. The monoisotopic (exact) mass is 404 g/mol. The van der Waals surface area contributed by atoms with Crippen molar-refractivity contribution in [1.29, 1.82) is 0 Å². The second-order valence-corrected chi connectivity index (χ2v) is 8.35. The molecule has 2 aliphatic heterocycles. The van der Waals surface area contributed by atoms with E-state index in [1.54, 1.807) is 0 Å². The molecule has 29 heavy (non-hydrogen) atoms. The third-order valence-corrected chi connectivity index (χ3v) is 5.82. The largest absolute Gasteiger partial charge is 0.368 e. The summed E-state index contributed by atoms with van der Waals surface area (Å²) < 4.78 is 13.2. The van der Waals surface area contributed by atoms with Crippen LogP contribution in [0.3, 0.4) is 0 Å². The molecule has 162 valence electrons. The van der Waals surface area contributed by atoms with Crippen LogP contribution in [-0.2, 0) is 0 Å². The fraction of sp³-hybridized carbons (Fsp3) is 0.682. The predicted molar refractivity (Wildman–Crippen MR) is 119 cm³/mol. The highest BCUT2D eigenvalue weighted by Gasteiger charge is 2.21. The number of hydrogen-bond acceptors (Lipinski definition) is 4. The number of benzene rings is 1. The number of rotatable bonds is 6. The van der Waals surface area contributed by atoms with E-state index in [9.17, 15) is 4.39 Å². The Morgan fingerprint density at radius 1 is 1.03 bits per heavy atom. The lowest BCUT2D eigenvalue weighted by Crippen LogP contribution is -2.52. The van der Waals surface area contributed by atoms with E-state index < -0.39 is 0 Å². The normalized spacial score (nSPS) is 20.8. The molecule has 1 atom stereocenters. The van der Waals surface area contributed by atoms with E-state index in [1.807, 2.05) is 12.1 Å². The molecule has 0 aliphatic carbocycles. The first-order valence-electron chi connectivity index (χ1n) is 11.0. The van der Waals surface area contributed by atoms with Gasteiger partial charge in [0.15, 0.2) is 5.96 Å². The van der Waals surface area contributed by atoms with Crippen LogP contribution in [0.25, 0.3) is 0 Å². The molecule has 6 nitrogen and oxygen atoms in total. The van der Waals surface area contributed by atoms with E-state index in [1.165, 1.54) is 12.1 Å². The highest BCUT2D eigenvalue weighted by atomic mass is 19.1. The van der Waals surface area contributed by atoms with Crippen molar-refractivity contribution in [2.45, 2.75) is 13.8 Å². The number of piperazine rings is 2. The fourth-order valence-electron chi connectivity index (χ4n) is 4.03. The molecule has 2 saturated heterocycles. The molecule has 2 heterocycles. The molecule has 0 radical (unpaired) electrons. The van der Waals surface area contributed by atoms with Crippen molar-refractivity contribution in [1.82, 2.24) is 20.0 Å². The Kier molecular flexibility index (Phi) is 8.12. The lowest BCUT2D eigenvalue weighted by Gasteiger charge is -2.38. The molecule has 2 fully saturated rings. The van der Waals surface area contributed by atoms with E-state index in [4.69, 9.17) is 4.99 Å². The van der Waals surface area contributed by atoms with Gasteiger partial charge in [-0.05, 0) is 44.2 Å². The third kappa shape index (κ3) is 6.57. The smallest absolute Gasteiger partial charge is 0.194 e. The molecular formula is C22H37FN6. The van der Waals surface area contributed by atoms with Crippen molar-refractivity contribution in [2.75, 3.05) is 83.9 Å². The highest BCUT2D eigenvalue weighted by molar-refractivity contribution is 5.80. The Balaban J connectivity index is 1.49. The van der Waals surface area contributed by atoms with Crippen LogP contribution in [-0.4, -0.2) is 99.7 Å². The van der Waals surface area contributed by atoms with Gasteiger partial charge in [0.25, 0.3) is 0 Å². The summed E-state index contributed by atoms with van der Waals surface area (Å²) in [6.45, 7) is 15.6. The number of nitrogens with zero attached hydrogens (tertiary/aromatic N) is 5. The van der Waals surface area contributed by atoms with Crippen LogP contribution in [0.1, 0.15) is 13.8 Å². The van der Waals surface area contributed by atoms with Gasteiger partial charge in [-0.1, -0.05) is 6.92 Å². The third-order valence-electron chi connectivity index (χ3n) is 5.82. The first kappa shape index (κ1) is 21.8. The minimum absolute atomic E-state index is 0.181. The van der Waals surface area contributed by atoms with Gasteiger partial charge in [0, 0.05) is 77.7 Å². The minimum Gasteiger partial charge on any atom is -0.368 e. The van der Waals surface area contributed by atoms with Gasteiger partial charge in [-0.3, -0.25) is 4.99 Å². The van der Waals surface area contributed by atoms with Crippen molar-refractivity contribution in [3.05, 3.63) is 30.1 Å². The molecule has 0 spiro atoms. The summed E-state index contributed by atoms with van der Waals surface area (Å²) in [4.78, 5) is 14.6. The molecule has 3 rings (SSSR count). The molecule has 1 N–H and O–H groups in total. The van der Waals surface area contributed by atoms with Gasteiger partial charge in [-0.2, -0.15) is 0 Å². The molecule has 1 aromatic rings. The summed E-state index contributed by atoms with van der Waals surface area (Å²) in [6.07, 6.45) is 0. The summed E-state index contributed by atoms with van der Waals surface area (Å²) in [6, 6.07) is 6.80. The number of nitrogens with one attached hydrogen (secondary N) is 1. The Morgan fingerprint density at radius 3 is 2.31 bits per heavy atom. The van der Waals surface area contributed by atoms with Crippen LogP contribution in [0.5, 0.6) is 0 Å². The summed E-state index contributed by atoms with van der Waals surface area (Å²) >= 11 is 0. The summed E-state index contributed by atoms with van der Waals surface area (Å²) in [7, 11) is 2.20. The maximum atomic E-state index is 13.2. The Morgan fingerprint density at radius 2 is 1.69 bits per heavy atom. The van der Waals surface area contributed by atoms with E-state index in [-0.39, 0.29) is 5.82 Å². The van der Waals surface area contributed by atoms with Crippen molar-refractivity contribution in [2.24, 2.45) is 10.9 Å². The van der Waals surface area contributed by atoms with E-state index in [2.05, 4.69) is 45.8 Å². The molecule has 1 aromatic carbocycles. The Labute approximate surface area is 175 Å². The zero-order chi connectivity index (χ0) is 20.6. The molecule has 7 heteroatoms. The number of hydrogen-bond donors (Lipinski definition) is 1. The lowest BCUT2D eigenvalue weighted by atomic mass is 10.1. The zero-order valence-electron chi connectivity index (χ0n) is 18.3. The lowest BCUT2D eigenvalue weighted by molar-refractivity contribution is 0.140. The molecular weight excluding hydrogens is 367 g/mol. The van der Waals surface area contributed by atoms with Crippen LogP contribution < -0.4 is 10.2 Å². The van der Waals surface area contributed by atoms with E-state index >= 15 is 0 Å². The molecule has 1 unspecified atom stereocenters. The van der Waals surface area contributed by atoms with E-state index in [0.717, 1.165) is 83.6 Å². The first-order chi connectivity index (χ1) is 14.0. The van der Waals surface area contributed by atoms with Gasteiger partial charge < -0.3 is 24.9 Å². The summed E-state index contributed by atoms with van der Waals surface area (Å²) in [5.74, 6) is 1.39. The van der Waals surface area contributed by atoms with Gasteiger partial charge in [0.05, 0.1) is 0 Å². The second-order valence-electron chi connectivity index (χ2n) is 8.35. The molecule has 2 aliphatic rings. The quantitative estimate of drug-likeness (QED) is 0.578. The van der Waals surface area contributed by atoms with Gasteiger partial charge in [0.1, 0.15) is 5.82 Å². The second kappa shape index (κ2) is 10.8. The predicted octanol–water partition coefficient (Wildman–Crippen LogP) is 1.80. The molecule has 0 aromatic heterocycles. The summed E-state index contributed by atoms with van der Waals surface area (Å²) in [5.41, 5.74) is 1.09. The van der Waals surface area contributed by atoms with Crippen LogP contribution in [0.2, 0.25) is 0 Å². The van der Waals surface area contributed by atoms with Gasteiger partial charge in [0.2, 0.25) is 0 Å².